The van der Waals surface area contributed by atoms with Gasteiger partial charge in [0.05, 0.1) is 11.3 Å². The first-order valence-electron chi connectivity index (χ1n) is 4.87. The molecule has 0 aromatic carbocycles. The predicted molar refractivity (Wildman–Crippen MR) is 54.5 cm³/mol. The highest BCUT2D eigenvalue weighted by Crippen LogP contribution is 2.22. The number of nitrogens with one attached hydrogen (secondary N) is 1. The molecule has 80 valence electrons. The second-order valence-electron chi connectivity index (χ2n) is 3.76. The van der Waals surface area contributed by atoms with E-state index in [1.54, 1.807) is 13.0 Å². The van der Waals surface area contributed by atoms with Gasteiger partial charge >= 0.3 is 0 Å². The molecule has 0 amide bonds. The smallest absolute Gasteiger partial charge is 0.166 e. The lowest BCUT2D eigenvalue weighted by molar-refractivity contribution is 0.364. The highest BCUT2D eigenvalue weighted by molar-refractivity contribution is 7.92. The molecule has 1 saturated heterocycles. The summed E-state index contributed by atoms with van der Waals surface area (Å²) >= 11 is 0. The first-order chi connectivity index (χ1) is 6.58. The van der Waals surface area contributed by atoms with Crippen LogP contribution in [-0.4, -0.2) is 32.5 Å². The van der Waals surface area contributed by atoms with Crippen LogP contribution in [0, 0.1) is 17.2 Å². The Balaban J connectivity index is 2.64. The summed E-state index contributed by atoms with van der Waals surface area (Å²) in [5.41, 5.74) is 0. The highest BCUT2D eigenvalue weighted by atomic mass is 32.2. The largest absolute Gasteiger partial charge is 0.317 e. The lowest BCUT2D eigenvalue weighted by Gasteiger charge is -2.27. The Morgan fingerprint density at radius 2 is 2.07 bits per heavy atom. The molecule has 1 rings (SSSR count). The number of sulfone groups is 1. The normalized spacial score (nSPS) is 21.4. The molecule has 4 nitrogen and oxygen atoms in total. The van der Waals surface area contributed by atoms with Crippen molar-refractivity contribution in [2.75, 3.05) is 18.8 Å². The molecule has 1 fully saturated rings. The van der Waals surface area contributed by atoms with E-state index in [0.29, 0.717) is 0 Å². The van der Waals surface area contributed by atoms with E-state index in [9.17, 15) is 8.42 Å². The Hall–Kier alpha value is -0.600. The van der Waals surface area contributed by atoms with Crippen LogP contribution in [0.4, 0.5) is 0 Å². The van der Waals surface area contributed by atoms with Crippen molar-refractivity contribution in [2.24, 2.45) is 5.92 Å². The van der Waals surface area contributed by atoms with Crippen LogP contribution in [0.2, 0.25) is 0 Å². The zero-order valence-electron chi connectivity index (χ0n) is 8.36. The molecule has 1 aliphatic rings. The van der Waals surface area contributed by atoms with E-state index in [1.807, 2.05) is 0 Å². The second-order valence-corrected chi connectivity index (χ2v) is 6.12. The molecule has 0 radical (unpaired) electrons. The Bertz CT molecular complexity index is 312. The molecule has 0 saturated carbocycles. The maximum atomic E-state index is 11.6. The summed E-state index contributed by atoms with van der Waals surface area (Å²) in [6.45, 7) is 3.50. The van der Waals surface area contributed by atoms with E-state index >= 15 is 0 Å². The summed E-state index contributed by atoms with van der Waals surface area (Å²) in [7, 11) is -3.20. The zero-order valence-corrected chi connectivity index (χ0v) is 9.18. The molecule has 0 spiro atoms. The minimum Gasteiger partial charge on any atom is -0.317 e. The fourth-order valence-electron chi connectivity index (χ4n) is 1.83. The topological polar surface area (TPSA) is 70.0 Å². The number of hydrogen-bond donors (Lipinski definition) is 1. The van der Waals surface area contributed by atoms with Crippen molar-refractivity contribution < 1.29 is 8.42 Å². The molecule has 14 heavy (non-hydrogen) atoms. The first-order valence-corrected chi connectivity index (χ1v) is 6.58. The number of piperidine rings is 1. The van der Waals surface area contributed by atoms with Crippen LogP contribution >= 0.6 is 0 Å². The Labute approximate surface area is 85.2 Å². The highest BCUT2D eigenvalue weighted by Gasteiger charge is 2.29. The summed E-state index contributed by atoms with van der Waals surface area (Å²) in [6.07, 6.45) is 1.79. The molecule has 1 N–H and O–H groups in total. The van der Waals surface area contributed by atoms with E-state index in [2.05, 4.69) is 5.32 Å². The molecular weight excluding hydrogens is 200 g/mol. The van der Waals surface area contributed by atoms with E-state index in [0.717, 1.165) is 25.9 Å². The van der Waals surface area contributed by atoms with Gasteiger partial charge in [0.1, 0.15) is 5.75 Å². The summed E-state index contributed by atoms with van der Waals surface area (Å²) in [5, 5.41) is 11.2. The molecule has 1 heterocycles. The van der Waals surface area contributed by atoms with Crippen molar-refractivity contribution in [3.63, 3.8) is 0 Å². The molecule has 5 heteroatoms. The number of nitriles is 1. The number of hydrogen-bond acceptors (Lipinski definition) is 4. The van der Waals surface area contributed by atoms with Crippen molar-refractivity contribution in [2.45, 2.75) is 25.0 Å². The van der Waals surface area contributed by atoms with Crippen molar-refractivity contribution >= 4 is 9.84 Å². The van der Waals surface area contributed by atoms with Crippen molar-refractivity contribution in [3.05, 3.63) is 0 Å². The second kappa shape index (κ2) is 4.76. The third-order valence-corrected chi connectivity index (χ3v) is 4.93. The lowest BCUT2D eigenvalue weighted by atomic mass is 9.95. The van der Waals surface area contributed by atoms with Gasteiger partial charge in [0.2, 0.25) is 0 Å². The maximum Gasteiger partial charge on any atom is 0.166 e. The molecule has 0 aliphatic carbocycles. The van der Waals surface area contributed by atoms with E-state index < -0.39 is 9.84 Å². The zero-order chi connectivity index (χ0) is 10.6. The van der Waals surface area contributed by atoms with Crippen LogP contribution < -0.4 is 5.32 Å². The molecule has 0 bridgehead atoms. The van der Waals surface area contributed by atoms with Gasteiger partial charge in [-0.3, -0.25) is 0 Å². The van der Waals surface area contributed by atoms with Crippen molar-refractivity contribution in [1.82, 2.24) is 5.32 Å². The first kappa shape index (κ1) is 11.5. The van der Waals surface area contributed by atoms with E-state index in [1.165, 1.54) is 0 Å². The molecule has 1 atom stereocenters. The minimum atomic E-state index is -3.20. The van der Waals surface area contributed by atoms with Gasteiger partial charge in [-0.2, -0.15) is 5.26 Å². The van der Waals surface area contributed by atoms with Gasteiger partial charge in [0.15, 0.2) is 9.84 Å². The SMILES string of the molecule is CC(C1CCNCC1)S(=O)(=O)CC#N. The van der Waals surface area contributed by atoms with Gasteiger partial charge in [-0.25, -0.2) is 8.42 Å². The van der Waals surface area contributed by atoms with Gasteiger partial charge in [-0.15, -0.1) is 0 Å². The third kappa shape index (κ3) is 2.69. The van der Waals surface area contributed by atoms with E-state index in [-0.39, 0.29) is 16.9 Å². The predicted octanol–water partition coefficient (Wildman–Crippen LogP) is 0.313. The summed E-state index contributed by atoms with van der Waals surface area (Å²) in [6, 6.07) is 1.72. The number of nitrogens with zero attached hydrogens (tertiary/aromatic N) is 1. The Kier molecular flexibility index (Phi) is 3.90. The Morgan fingerprint density at radius 1 is 1.50 bits per heavy atom. The third-order valence-electron chi connectivity index (χ3n) is 2.88. The molecule has 1 aliphatic heterocycles. The van der Waals surface area contributed by atoms with Gasteiger partial charge in [-0.1, -0.05) is 0 Å². The summed E-state index contributed by atoms with van der Waals surface area (Å²) < 4.78 is 23.2. The fourth-order valence-corrected chi connectivity index (χ4v) is 3.13. The van der Waals surface area contributed by atoms with Crippen LogP contribution in [0.1, 0.15) is 19.8 Å². The molecular formula is C9H16N2O2S. The average molecular weight is 216 g/mol. The van der Waals surface area contributed by atoms with Gasteiger partial charge in [-0.05, 0) is 38.8 Å². The van der Waals surface area contributed by atoms with Crippen molar-refractivity contribution in [1.29, 1.82) is 5.26 Å². The lowest BCUT2D eigenvalue weighted by Crippen LogP contribution is -2.37. The van der Waals surface area contributed by atoms with Crippen LogP contribution in [0.5, 0.6) is 0 Å². The monoisotopic (exact) mass is 216 g/mol. The van der Waals surface area contributed by atoms with Gasteiger partial charge in [0.25, 0.3) is 0 Å². The molecule has 1 unspecified atom stereocenters. The van der Waals surface area contributed by atoms with Crippen molar-refractivity contribution in [3.8, 4) is 6.07 Å². The summed E-state index contributed by atoms with van der Waals surface area (Å²) in [4.78, 5) is 0. The quantitative estimate of drug-likeness (QED) is 0.737. The van der Waals surface area contributed by atoms with Gasteiger partial charge < -0.3 is 5.32 Å². The van der Waals surface area contributed by atoms with Crippen LogP contribution in [0.15, 0.2) is 0 Å². The maximum absolute atomic E-state index is 11.6. The van der Waals surface area contributed by atoms with E-state index in [4.69, 9.17) is 5.26 Å². The fraction of sp³-hybridized carbons (Fsp3) is 0.889. The standard InChI is InChI=1S/C9H16N2O2S/c1-8(14(12,13)7-4-10)9-2-5-11-6-3-9/h8-9,11H,2-3,5-7H2,1H3. The number of rotatable bonds is 3. The minimum absolute atomic E-state index is 0.217. The van der Waals surface area contributed by atoms with Crippen LogP contribution in [-0.2, 0) is 9.84 Å². The average Bonchev–Trinajstić information content (AvgIpc) is 2.18. The molecule has 0 aromatic heterocycles. The van der Waals surface area contributed by atoms with Crippen LogP contribution in [0.25, 0.3) is 0 Å². The summed E-state index contributed by atoms with van der Waals surface area (Å²) in [5.74, 6) is -0.132. The molecule has 0 aromatic rings. The van der Waals surface area contributed by atoms with Gasteiger partial charge in [0, 0.05) is 0 Å². The van der Waals surface area contributed by atoms with Crippen LogP contribution in [0.3, 0.4) is 0 Å². The Morgan fingerprint density at radius 3 is 2.57 bits per heavy atom.